The van der Waals surface area contributed by atoms with Gasteiger partial charge in [-0.2, -0.15) is 11.3 Å². The standard InChI is InChI=1S/C20H20N2O3S/c1-13(23)21-16-4-5-17-15(9-20(24)25-19(17)10-16)11-22-7-2-3-18(22)14-6-8-26-12-14/h4-6,8-10,12,18H,2-3,7,11H2,1H3,(H,21,23). The molecule has 1 amide bonds. The van der Waals surface area contributed by atoms with E-state index in [0.29, 0.717) is 23.9 Å². The SMILES string of the molecule is CC(=O)Nc1ccc2c(CN3CCCC3c3ccsc3)cc(=O)oc2c1. The summed E-state index contributed by atoms with van der Waals surface area (Å²) in [7, 11) is 0. The fourth-order valence-corrected chi connectivity index (χ4v) is 4.43. The number of hydrogen-bond donors (Lipinski definition) is 1. The summed E-state index contributed by atoms with van der Waals surface area (Å²) in [5, 5.41) is 7.96. The molecule has 1 atom stereocenters. The zero-order chi connectivity index (χ0) is 18.1. The van der Waals surface area contributed by atoms with Gasteiger partial charge in [0.05, 0.1) is 0 Å². The molecule has 5 nitrogen and oxygen atoms in total. The van der Waals surface area contributed by atoms with E-state index in [0.717, 1.165) is 30.3 Å². The first-order valence-electron chi connectivity index (χ1n) is 8.71. The molecule has 1 fully saturated rings. The van der Waals surface area contributed by atoms with Gasteiger partial charge in [0.2, 0.25) is 5.91 Å². The highest BCUT2D eigenvalue weighted by Gasteiger charge is 2.26. The third-order valence-electron chi connectivity index (χ3n) is 4.82. The molecule has 1 saturated heterocycles. The molecule has 1 unspecified atom stereocenters. The van der Waals surface area contributed by atoms with Crippen molar-refractivity contribution in [3.05, 3.63) is 62.6 Å². The number of likely N-dealkylation sites (tertiary alicyclic amines) is 1. The highest BCUT2D eigenvalue weighted by Crippen LogP contribution is 2.35. The second-order valence-electron chi connectivity index (χ2n) is 6.67. The summed E-state index contributed by atoms with van der Waals surface area (Å²) in [6.07, 6.45) is 2.30. The van der Waals surface area contributed by atoms with Crippen LogP contribution in [0.15, 0.2) is 50.3 Å². The fraction of sp³-hybridized carbons (Fsp3) is 0.300. The Bertz CT molecular complexity index is 994. The minimum absolute atomic E-state index is 0.154. The van der Waals surface area contributed by atoms with Gasteiger partial charge in [0.1, 0.15) is 5.58 Å². The summed E-state index contributed by atoms with van der Waals surface area (Å²) in [5.41, 5.74) is 3.09. The third kappa shape index (κ3) is 3.43. The van der Waals surface area contributed by atoms with Crippen LogP contribution >= 0.6 is 11.3 Å². The van der Waals surface area contributed by atoms with Gasteiger partial charge in [-0.15, -0.1) is 0 Å². The van der Waals surface area contributed by atoms with Crippen LogP contribution in [-0.2, 0) is 11.3 Å². The van der Waals surface area contributed by atoms with Gasteiger partial charge >= 0.3 is 5.63 Å². The molecule has 6 heteroatoms. The van der Waals surface area contributed by atoms with E-state index in [1.807, 2.05) is 12.1 Å². The molecule has 0 radical (unpaired) electrons. The smallest absolute Gasteiger partial charge is 0.336 e. The molecule has 26 heavy (non-hydrogen) atoms. The van der Waals surface area contributed by atoms with Crippen molar-refractivity contribution in [2.75, 3.05) is 11.9 Å². The van der Waals surface area contributed by atoms with Gasteiger partial charge in [-0.25, -0.2) is 4.79 Å². The highest BCUT2D eigenvalue weighted by atomic mass is 32.1. The molecule has 1 aromatic carbocycles. The Labute approximate surface area is 155 Å². The van der Waals surface area contributed by atoms with E-state index >= 15 is 0 Å². The summed E-state index contributed by atoms with van der Waals surface area (Å²) < 4.78 is 5.36. The lowest BCUT2D eigenvalue weighted by Gasteiger charge is -2.24. The molecular weight excluding hydrogens is 348 g/mol. The van der Waals surface area contributed by atoms with E-state index in [2.05, 4.69) is 27.0 Å². The fourth-order valence-electron chi connectivity index (χ4n) is 3.72. The molecule has 4 rings (SSSR count). The van der Waals surface area contributed by atoms with Gasteiger partial charge in [-0.3, -0.25) is 9.69 Å². The zero-order valence-corrected chi connectivity index (χ0v) is 15.3. The number of benzene rings is 1. The second kappa shape index (κ2) is 7.05. The first-order valence-corrected chi connectivity index (χ1v) is 9.65. The predicted molar refractivity (Wildman–Crippen MR) is 103 cm³/mol. The van der Waals surface area contributed by atoms with Crippen molar-refractivity contribution in [3.8, 4) is 0 Å². The number of hydrogen-bond acceptors (Lipinski definition) is 5. The number of anilines is 1. The van der Waals surface area contributed by atoms with Crippen molar-refractivity contribution < 1.29 is 9.21 Å². The van der Waals surface area contributed by atoms with E-state index in [1.54, 1.807) is 23.5 Å². The molecule has 2 aromatic heterocycles. The van der Waals surface area contributed by atoms with Gasteiger partial charge in [0.15, 0.2) is 0 Å². The van der Waals surface area contributed by atoms with Crippen LogP contribution in [0.1, 0.15) is 36.9 Å². The average Bonchev–Trinajstić information content (AvgIpc) is 3.24. The number of fused-ring (bicyclic) bond motifs is 1. The van der Waals surface area contributed by atoms with Gasteiger partial charge in [-0.1, -0.05) is 0 Å². The molecule has 1 N–H and O–H groups in total. The predicted octanol–water partition coefficient (Wildman–Crippen LogP) is 4.15. The van der Waals surface area contributed by atoms with Crippen LogP contribution in [0.4, 0.5) is 5.69 Å². The van der Waals surface area contributed by atoms with Crippen molar-refractivity contribution in [1.82, 2.24) is 4.90 Å². The number of carbonyl (C=O) groups excluding carboxylic acids is 1. The van der Waals surface area contributed by atoms with Gasteiger partial charge in [0, 0.05) is 42.7 Å². The van der Waals surface area contributed by atoms with Gasteiger partial charge in [0.25, 0.3) is 0 Å². The topological polar surface area (TPSA) is 62.6 Å². The molecule has 0 aliphatic carbocycles. The van der Waals surface area contributed by atoms with Crippen LogP contribution in [0.2, 0.25) is 0 Å². The highest BCUT2D eigenvalue weighted by molar-refractivity contribution is 7.07. The van der Waals surface area contributed by atoms with E-state index < -0.39 is 0 Å². The summed E-state index contributed by atoms with van der Waals surface area (Å²) in [4.78, 5) is 25.7. The van der Waals surface area contributed by atoms with Crippen molar-refractivity contribution in [3.63, 3.8) is 0 Å². The van der Waals surface area contributed by atoms with Crippen LogP contribution in [-0.4, -0.2) is 17.4 Å². The first-order chi connectivity index (χ1) is 12.6. The van der Waals surface area contributed by atoms with E-state index in [9.17, 15) is 9.59 Å². The molecule has 0 bridgehead atoms. The molecule has 3 heterocycles. The van der Waals surface area contributed by atoms with Crippen molar-refractivity contribution >= 4 is 33.9 Å². The Morgan fingerprint density at radius 3 is 3.00 bits per heavy atom. The molecular formula is C20H20N2O3S. The lowest BCUT2D eigenvalue weighted by molar-refractivity contribution is -0.114. The number of carbonyl (C=O) groups is 1. The lowest BCUT2D eigenvalue weighted by atomic mass is 10.1. The minimum atomic E-state index is -0.362. The van der Waals surface area contributed by atoms with Gasteiger partial charge in [-0.05, 0) is 59.5 Å². The van der Waals surface area contributed by atoms with E-state index in [-0.39, 0.29) is 11.5 Å². The molecule has 3 aromatic rings. The first kappa shape index (κ1) is 17.0. The van der Waals surface area contributed by atoms with Gasteiger partial charge < -0.3 is 9.73 Å². The molecule has 1 aliphatic rings. The maximum absolute atomic E-state index is 12.1. The summed E-state index contributed by atoms with van der Waals surface area (Å²) in [6, 6.07) is 9.64. The monoisotopic (exact) mass is 368 g/mol. The Kier molecular flexibility index (Phi) is 4.61. The maximum Gasteiger partial charge on any atom is 0.336 e. The summed E-state index contributed by atoms with van der Waals surface area (Å²) in [5.74, 6) is -0.154. The normalized spacial score (nSPS) is 17.7. The van der Waals surface area contributed by atoms with Crippen molar-refractivity contribution in [1.29, 1.82) is 0 Å². The van der Waals surface area contributed by atoms with E-state index in [1.165, 1.54) is 12.5 Å². The number of rotatable bonds is 4. The summed E-state index contributed by atoms with van der Waals surface area (Å²) in [6.45, 7) is 3.18. The number of amides is 1. The Morgan fingerprint density at radius 1 is 1.35 bits per heavy atom. The van der Waals surface area contributed by atoms with E-state index in [4.69, 9.17) is 4.42 Å². The quantitative estimate of drug-likeness (QED) is 0.703. The number of nitrogens with zero attached hydrogens (tertiary/aromatic N) is 1. The van der Waals surface area contributed by atoms with Crippen LogP contribution in [0.5, 0.6) is 0 Å². The number of thiophene rings is 1. The van der Waals surface area contributed by atoms with Crippen molar-refractivity contribution in [2.24, 2.45) is 0 Å². The second-order valence-corrected chi connectivity index (χ2v) is 7.45. The van der Waals surface area contributed by atoms with Crippen LogP contribution in [0.25, 0.3) is 11.0 Å². The minimum Gasteiger partial charge on any atom is -0.423 e. The zero-order valence-electron chi connectivity index (χ0n) is 14.5. The van der Waals surface area contributed by atoms with Crippen LogP contribution in [0.3, 0.4) is 0 Å². The van der Waals surface area contributed by atoms with Crippen LogP contribution in [0, 0.1) is 0 Å². The Balaban J connectivity index is 1.67. The molecule has 1 aliphatic heterocycles. The molecule has 0 spiro atoms. The number of nitrogens with one attached hydrogen (secondary N) is 1. The molecule has 134 valence electrons. The lowest BCUT2D eigenvalue weighted by Crippen LogP contribution is -2.23. The average molecular weight is 368 g/mol. The van der Waals surface area contributed by atoms with Crippen LogP contribution < -0.4 is 10.9 Å². The largest absolute Gasteiger partial charge is 0.423 e. The Hall–Kier alpha value is -2.44. The molecule has 0 saturated carbocycles. The maximum atomic E-state index is 12.1. The summed E-state index contributed by atoms with van der Waals surface area (Å²) >= 11 is 1.72. The van der Waals surface area contributed by atoms with Crippen molar-refractivity contribution in [2.45, 2.75) is 32.4 Å². The third-order valence-corrected chi connectivity index (χ3v) is 5.52. The Morgan fingerprint density at radius 2 is 2.23 bits per heavy atom.